The second-order valence-electron chi connectivity index (χ2n) is 4.99. The molecule has 0 amide bonds. The molecule has 0 spiro atoms. The van der Waals surface area contributed by atoms with Gasteiger partial charge in [-0.3, -0.25) is 0 Å². The molecule has 0 atom stereocenters. The third-order valence-corrected chi connectivity index (χ3v) is 24.5. The summed E-state index contributed by atoms with van der Waals surface area (Å²) in [6.45, 7) is 6.04. The molecule has 0 fully saturated rings. The van der Waals surface area contributed by atoms with Crippen LogP contribution in [0.5, 0.6) is 0 Å². The maximum absolute atomic E-state index is 4.49. The first kappa shape index (κ1) is 17.4. The number of rotatable bonds is 2. The van der Waals surface area contributed by atoms with Crippen LogP contribution in [0.3, 0.4) is 0 Å². The Balaban J connectivity index is 0.000000199. The molecule has 0 aromatic heterocycles. The van der Waals surface area contributed by atoms with Gasteiger partial charge in [0.25, 0.3) is 0 Å². The molecule has 1 aromatic rings. The van der Waals surface area contributed by atoms with Gasteiger partial charge in [0.1, 0.15) is 0 Å². The fraction of sp³-hybridized carbons (Fsp3) is 0.375. The van der Waals surface area contributed by atoms with Crippen LogP contribution in [-0.2, 0) is 0 Å². The van der Waals surface area contributed by atoms with Crippen LogP contribution in [0.15, 0.2) is 24.3 Å². The van der Waals surface area contributed by atoms with Crippen molar-refractivity contribution in [3.63, 3.8) is 0 Å². The molecule has 0 saturated carbocycles. The Morgan fingerprint density at radius 3 is 1.67 bits per heavy atom. The number of fused-ring (bicyclic) bond motifs is 3. The molecule has 3 rings (SSSR count). The van der Waals surface area contributed by atoms with Gasteiger partial charge in [-0.15, -0.1) is 36.6 Å². The molecule has 21 heavy (non-hydrogen) atoms. The van der Waals surface area contributed by atoms with E-state index in [-0.39, 0.29) is 0 Å². The molecule has 0 saturated heterocycles. The first-order valence-corrected chi connectivity index (χ1v) is 24.1. The van der Waals surface area contributed by atoms with Crippen LogP contribution in [0, 0.1) is 0 Å². The number of benzene rings is 1. The van der Waals surface area contributed by atoms with Crippen LogP contribution in [0.2, 0.25) is 8.87 Å². The SMILES string of the molecule is C1=Cc2ccc3c(c2[N-]C1)[N-]CC=C3.C[CH2][Sn]([Br])([Br])[CH2]C. The van der Waals surface area contributed by atoms with E-state index in [9.17, 15) is 0 Å². The van der Waals surface area contributed by atoms with Crippen molar-refractivity contribution in [1.82, 2.24) is 0 Å². The van der Waals surface area contributed by atoms with Gasteiger partial charge in [0.2, 0.25) is 0 Å². The standard InChI is InChI=1S/C12H10N2.2C2H5.2BrH.Sn/c1-3-9-5-6-10-4-2-8-14-12(10)11(9)13-7-1;2*1-2;;;/h1-6H,7-8H2;2*1H2,2H3;2*1H;/q-2;;;;;+2/p-2. The van der Waals surface area contributed by atoms with Crippen LogP contribution in [-0.4, -0.2) is 27.0 Å². The van der Waals surface area contributed by atoms with Crippen molar-refractivity contribution in [2.24, 2.45) is 0 Å². The Kier molecular flexibility index (Phi) is 6.69. The van der Waals surface area contributed by atoms with Gasteiger partial charge < -0.3 is 10.6 Å². The zero-order chi connectivity index (χ0) is 15.3. The fourth-order valence-corrected chi connectivity index (χ4v) is 3.54. The summed E-state index contributed by atoms with van der Waals surface area (Å²) in [5.41, 5.74) is 4.51. The molecule has 2 nitrogen and oxygen atoms in total. The zero-order valence-electron chi connectivity index (χ0n) is 12.4. The van der Waals surface area contributed by atoms with Gasteiger partial charge >= 0.3 is 62.1 Å². The molecule has 0 radical (unpaired) electrons. The molecule has 114 valence electrons. The summed E-state index contributed by atoms with van der Waals surface area (Å²) in [5.74, 6) is 0. The van der Waals surface area contributed by atoms with E-state index in [4.69, 9.17) is 0 Å². The van der Waals surface area contributed by atoms with Crippen LogP contribution in [0.1, 0.15) is 25.0 Å². The normalized spacial score (nSPS) is 15.0. The second kappa shape index (κ2) is 8.06. The molecule has 2 aliphatic rings. The van der Waals surface area contributed by atoms with Gasteiger partial charge in [-0.1, -0.05) is 24.3 Å². The Labute approximate surface area is 143 Å². The van der Waals surface area contributed by atoms with E-state index >= 15 is 0 Å². The summed E-state index contributed by atoms with van der Waals surface area (Å²) in [5, 5.41) is 8.98. The van der Waals surface area contributed by atoms with Gasteiger partial charge in [-0.2, -0.15) is 0 Å². The van der Waals surface area contributed by atoms with E-state index in [1.54, 1.807) is 0 Å². The van der Waals surface area contributed by atoms with Crippen LogP contribution < -0.4 is 0 Å². The molecule has 0 N–H and O–H groups in total. The summed E-state index contributed by atoms with van der Waals surface area (Å²) in [6, 6.07) is 4.22. The van der Waals surface area contributed by atoms with Crippen molar-refractivity contribution in [2.45, 2.75) is 22.7 Å². The second-order valence-corrected chi connectivity index (χ2v) is 41.4. The Morgan fingerprint density at radius 1 is 0.905 bits per heavy atom. The van der Waals surface area contributed by atoms with Gasteiger partial charge in [-0.25, -0.2) is 0 Å². The summed E-state index contributed by atoms with van der Waals surface area (Å²) >= 11 is 5.75. The molecule has 5 heteroatoms. The topological polar surface area (TPSA) is 28.2 Å². The van der Waals surface area contributed by atoms with Crippen molar-refractivity contribution >= 4 is 62.9 Å². The molecule has 0 unspecified atom stereocenters. The minimum atomic E-state index is -1.66. The zero-order valence-corrected chi connectivity index (χ0v) is 18.5. The molecule has 1 aromatic carbocycles. The summed E-state index contributed by atoms with van der Waals surface area (Å²) < 4.78 is 2.68. The first-order valence-electron chi connectivity index (χ1n) is 7.30. The third kappa shape index (κ3) is 4.76. The average Bonchev–Trinajstić information content (AvgIpc) is 2.55. The van der Waals surface area contributed by atoms with Gasteiger partial charge in [0.15, 0.2) is 0 Å². The van der Waals surface area contributed by atoms with E-state index in [0.29, 0.717) is 0 Å². The molecule has 0 bridgehead atoms. The van der Waals surface area contributed by atoms with E-state index in [1.165, 1.54) is 20.0 Å². The Hall–Kier alpha value is 0.0587. The Morgan fingerprint density at radius 2 is 1.33 bits per heavy atom. The van der Waals surface area contributed by atoms with Crippen molar-refractivity contribution in [3.05, 3.63) is 46.0 Å². The van der Waals surface area contributed by atoms with Crippen molar-refractivity contribution in [2.75, 3.05) is 13.1 Å². The first-order chi connectivity index (χ1) is 10.1. The number of hydrogen-bond acceptors (Lipinski definition) is 0. The maximum atomic E-state index is 4.49. The molecule has 2 heterocycles. The van der Waals surface area contributed by atoms with E-state index in [0.717, 1.165) is 24.5 Å². The van der Waals surface area contributed by atoms with Crippen molar-refractivity contribution in [1.29, 1.82) is 0 Å². The molecule has 0 aliphatic carbocycles. The fourth-order valence-electron chi connectivity index (χ4n) is 2.11. The quantitative estimate of drug-likeness (QED) is 0.377. The van der Waals surface area contributed by atoms with Crippen molar-refractivity contribution in [3.8, 4) is 0 Å². The van der Waals surface area contributed by atoms with Gasteiger partial charge in [-0.05, 0) is 11.1 Å². The van der Waals surface area contributed by atoms with Gasteiger partial charge in [0.05, 0.1) is 0 Å². The minimum absolute atomic E-state index is 0.780. The summed E-state index contributed by atoms with van der Waals surface area (Å²) in [6.07, 6.45) is 8.40. The predicted octanol–water partition coefficient (Wildman–Crippen LogP) is 7.01. The number of halogens is 2. The number of nitrogens with zero attached hydrogens (tertiary/aromatic N) is 2. The van der Waals surface area contributed by atoms with E-state index in [1.807, 2.05) is 0 Å². The van der Waals surface area contributed by atoms with E-state index < -0.39 is 13.9 Å². The predicted molar refractivity (Wildman–Crippen MR) is 105 cm³/mol. The average molecular weight is 519 g/mol. The van der Waals surface area contributed by atoms with Crippen LogP contribution in [0.25, 0.3) is 22.8 Å². The molecular weight excluding hydrogens is 499 g/mol. The Bertz CT molecular complexity index is 506. The summed E-state index contributed by atoms with van der Waals surface area (Å²) in [4.78, 5) is 0. The van der Waals surface area contributed by atoms with Gasteiger partial charge in [0, 0.05) is 0 Å². The summed E-state index contributed by atoms with van der Waals surface area (Å²) in [7, 11) is 0. The van der Waals surface area contributed by atoms with Crippen LogP contribution >= 0.6 is 25.4 Å². The van der Waals surface area contributed by atoms with Crippen LogP contribution in [0.4, 0.5) is 11.4 Å². The van der Waals surface area contributed by atoms with Crippen molar-refractivity contribution < 1.29 is 0 Å². The monoisotopic (exact) mass is 518 g/mol. The third-order valence-electron chi connectivity index (χ3n) is 3.55. The number of hydrogen-bond donors (Lipinski definition) is 0. The molecule has 2 aliphatic heterocycles. The van der Waals surface area contributed by atoms with E-state index in [2.05, 4.69) is 86.3 Å². The molecular formula is C16H20Br2N2Sn-2.